The molecule has 2 aliphatic rings. The van der Waals surface area contributed by atoms with Crippen LogP contribution < -0.4 is 10.2 Å². The second kappa shape index (κ2) is 9.24. The van der Waals surface area contributed by atoms with Crippen molar-refractivity contribution in [3.05, 3.63) is 23.8 Å². The molecule has 2 fully saturated rings. The van der Waals surface area contributed by atoms with Gasteiger partial charge in [0.1, 0.15) is 11.4 Å². The van der Waals surface area contributed by atoms with E-state index in [0.717, 1.165) is 23.9 Å². The van der Waals surface area contributed by atoms with Gasteiger partial charge in [0.05, 0.1) is 18.3 Å². The number of ether oxygens (including phenoxy) is 3. The molecule has 178 valence electrons. The fourth-order valence-electron chi connectivity index (χ4n) is 3.87. The van der Waals surface area contributed by atoms with Crippen molar-refractivity contribution in [1.82, 2.24) is 4.90 Å². The first-order chi connectivity index (χ1) is 14.8. The maximum atomic E-state index is 13.1. The van der Waals surface area contributed by atoms with Crippen molar-refractivity contribution in [2.75, 3.05) is 20.3 Å². The summed E-state index contributed by atoms with van der Waals surface area (Å²) >= 11 is 0. The molecule has 32 heavy (non-hydrogen) atoms. The average Bonchev–Trinajstić information content (AvgIpc) is 2.92. The maximum Gasteiger partial charge on any atom is 0.494 e. The second-order valence-electron chi connectivity index (χ2n) is 10.7. The van der Waals surface area contributed by atoms with E-state index in [1.807, 2.05) is 71.6 Å². The molecule has 1 aromatic rings. The summed E-state index contributed by atoms with van der Waals surface area (Å²) in [5.41, 5.74) is 0.361. The van der Waals surface area contributed by atoms with Crippen LogP contribution in [-0.4, -0.2) is 61.3 Å². The van der Waals surface area contributed by atoms with Gasteiger partial charge in [-0.2, -0.15) is 0 Å². The molecule has 0 saturated carbocycles. The van der Waals surface area contributed by atoms with Gasteiger partial charge in [0.25, 0.3) is 0 Å². The molecule has 7 nitrogen and oxygen atoms in total. The molecule has 0 radical (unpaired) electrons. The van der Waals surface area contributed by atoms with Gasteiger partial charge in [-0.3, -0.25) is 0 Å². The number of carbonyl (C=O) groups excluding carboxylic acids is 1. The average molecular weight is 447 g/mol. The van der Waals surface area contributed by atoms with E-state index >= 15 is 0 Å². The first kappa shape index (κ1) is 24.9. The zero-order chi connectivity index (χ0) is 23.7. The third kappa shape index (κ3) is 5.77. The Morgan fingerprint density at radius 3 is 2.22 bits per heavy atom. The molecule has 0 unspecified atom stereocenters. The van der Waals surface area contributed by atoms with Crippen LogP contribution in [0, 0.1) is 0 Å². The van der Waals surface area contributed by atoms with Gasteiger partial charge in [-0.05, 0) is 84.5 Å². The Balaban J connectivity index is 1.89. The number of carbonyl (C=O) groups is 1. The lowest BCUT2D eigenvalue weighted by molar-refractivity contribution is -0.00809. The van der Waals surface area contributed by atoms with E-state index in [0.29, 0.717) is 25.5 Å². The van der Waals surface area contributed by atoms with E-state index in [2.05, 4.69) is 0 Å². The minimum atomic E-state index is -0.567. The summed E-state index contributed by atoms with van der Waals surface area (Å²) in [6, 6.07) is 5.97. The van der Waals surface area contributed by atoms with Crippen molar-refractivity contribution in [2.45, 2.75) is 90.7 Å². The van der Waals surface area contributed by atoms with E-state index in [1.54, 1.807) is 7.11 Å². The minimum Gasteiger partial charge on any atom is -0.497 e. The normalized spacial score (nSPS) is 20.8. The van der Waals surface area contributed by atoms with Crippen LogP contribution in [0.2, 0.25) is 0 Å². The first-order valence-corrected chi connectivity index (χ1v) is 11.4. The molecule has 0 N–H and O–H groups in total. The van der Waals surface area contributed by atoms with E-state index in [4.69, 9.17) is 23.5 Å². The summed E-state index contributed by atoms with van der Waals surface area (Å²) in [6.07, 6.45) is 1.25. The van der Waals surface area contributed by atoms with Gasteiger partial charge >= 0.3 is 13.2 Å². The number of hydrogen-bond donors (Lipinski definition) is 0. The van der Waals surface area contributed by atoms with Crippen molar-refractivity contribution >= 4 is 18.7 Å². The van der Waals surface area contributed by atoms with Crippen LogP contribution in [0.25, 0.3) is 0 Å². The Morgan fingerprint density at radius 1 is 1.09 bits per heavy atom. The third-order valence-electron chi connectivity index (χ3n) is 6.36. The molecule has 2 saturated heterocycles. The van der Waals surface area contributed by atoms with Crippen molar-refractivity contribution in [1.29, 1.82) is 0 Å². The summed E-state index contributed by atoms with van der Waals surface area (Å²) in [6.45, 7) is 15.5. The zero-order valence-electron chi connectivity index (χ0n) is 20.8. The van der Waals surface area contributed by atoms with Gasteiger partial charge in [0.2, 0.25) is 0 Å². The molecule has 3 rings (SSSR count). The molecule has 8 heteroatoms. The van der Waals surface area contributed by atoms with Gasteiger partial charge in [0, 0.05) is 25.8 Å². The largest absolute Gasteiger partial charge is 0.497 e. The lowest BCUT2D eigenvalue weighted by atomic mass is 9.78. The fourth-order valence-corrected chi connectivity index (χ4v) is 3.87. The predicted molar refractivity (Wildman–Crippen MR) is 124 cm³/mol. The molecule has 0 bridgehead atoms. The van der Waals surface area contributed by atoms with Crippen LogP contribution in [-0.2, 0) is 25.3 Å². The number of methoxy groups -OCH3 is 1. The topological polar surface area (TPSA) is 66.5 Å². The SMILES string of the molecule is COc1cc(CN(C(=O)OC(C)(C)C)C2CCOCC2)cc(B2OC(C)(C)C(C)(C)O2)c1. The summed E-state index contributed by atoms with van der Waals surface area (Å²) in [7, 11) is 1.13. The summed E-state index contributed by atoms with van der Waals surface area (Å²) in [4.78, 5) is 14.9. The van der Waals surface area contributed by atoms with Gasteiger partial charge in [-0.15, -0.1) is 0 Å². The molecule has 2 aliphatic heterocycles. The highest BCUT2D eigenvalue weighted by Crippen LogP contribution is 2.37. The molecule has 0 spiro atoms. The highest BCUT2D eigenvalue weighted by molar-refractivity contribution is 6.62. The van der Waals surface area contributed by atoms with Gasteiger partial charge in [0.15, 0.2) is 0 Å². The number of hydrogen-bond acceptors (Lipinski definition) is 6. The minimum absolute atomic E-state index is 0.0603. The van der Waals surface area contributed by atoms with Crippen LogP contribution in [0.3, 0.4) is 0 Å². The number of benzene rings is 1. The van der Waals surface area contributed by atoms with E-state index in [-0.39, 0.29) is 12.1 Å². The van der Waals surface area contributed by atoms with Crippen molar-refractivity contribution in [3.63, 3.8) is 0 Å². The molecule has 1 amide bonds. The number of rotatable bonds is 5. The van der Waals surface area contributed by atoms with Crippen LogP contribution in [0.15, 0.2) is 18.2 Å². The Hall–Kier alpha value is -1.77. The lowest BCUT2D eigenvalue weighted by Crippen LogP contribution is -2.45. The van der Waals surface area contributed by atoms with E-state index in [1.165, 1.54) is 0 Å². The van der Waals surface area contributed by atoms with Gasteiger partial charge in [-0.25, -0.2) is 4.79 Å². The number of amides is 1. The second-order valence-corrected chi connectivity index (χ2v) is 10.7. The Bertz CT molecular complexity index is 797. The standard InChI is InChI=1S/C24H38BNO6/c1-22(2,3)30-21(27)26(19-9-11-29-12-10-19)16-17-13-18(15-20(14-17)28-8)25-31-23(4,5)24(6,7)32-25/h13-15,19H,9-12,16H2,1-8H3. The summed E-state index contributed by atoms with van der Waals surface area (Å²) in [5, 5.41) is 0. The molecule has 2 heterocycles. The smallest absolute Gasteiger partial charge is 0.494 e. The van der Waals surface area contributed by atoms with E-state index in [9.17, 15) is 4.79 Å². The monoisotopic (exact) mass is 447 g/mol. The molecule has 0 aliphatic carbocycles. The zero-order valence-corrected chi connectivity index (χ0v) is 20.8. The molecule has 0 aromatic heterocycles. The quantitative estimate of drug-likeness (QED) is 0.638. The van der Waals surface area contributed by atoms with Gasteiger partial charge in [-0.1, -0.05) is 6.07 Å². The molecule has 0 atom stereocenters. The first-order valence-electron chi connectivity index (χ1n) is 11.4. The lowest BCUT2D eigenvalue weighted by Gasteiger charge is -2.35. The maximum absolute atomic E-state index is 13.1. The van der Waals surface area contributed by atoms with Crippen molar-refractivity contribution < 1.29 is 28.3 Å². The van der Waals surface area contributed by atoms with Gasteiger partial charge < -0.3 is 28.4 Å². The van der Waals surface area contributed by atoms with Crippen molar-refractivity contribution in [3.8, 4) is 5.75 Å². The Kier molecular flexibility index (Phi) is 7.18. The Morgan fingerprint density at radius 2 is 1.69 bits per heavy atom. The number of nitrogens with zero attached hydrogens (tertiary/aromatic N) is 1. The molecular formula is C24H38BNO6. The summed E-state index contributed by atoms with van der Waals surface area (Å²) in [5.74, 6) is 0.698. The van der Waals surface area contributed by atoms with Crippen LogP contribution in [0.4, 0.5) is 4.79 Å². The highest BCUT2D eigenvalue weighted by atomic mass is 16.7. The van der Waals surface area contributed by atoms with Crippen LogP contribution >= 0.6 is 0 Å². The highest BCUT2D eigenvalue weighted by Gasteiger charge is 2.51. The Labute approximate surface area is 192 Å². The van der Waals surface area contributed by atoms with Crippen LogP contribution in [0.5, 0.6) is 5.75 Å². The predicted octanol–water partition coefficient (Wildman–Crippen LogP) is 3.91. The third-order valence-corrected chi connectivity index (χ3v) is 6.36. The molecule has 1 aromatic carbocycles. The van der Waals surface area contributed by atoms with Crippen LogP contribution in [0.1, 0.15) is 66.9 Å². The van der Waals surface area contributed by atoms with E-state index < -0.39 is 23.9 Å². The van der Waals surface area contributed by atoms with Crippen molar-refractivity contribution in [2.24, 2.45) is 0 Å². The molecular weight excluding hydrogens is 409 g/mol. The summed E-state index contributed by atoms with van der Waals surface area (Å²) < 4.78 is 29.3. The fraction of sp³-hybridized carbons (Fsp3) is 0.708.